The van der Waals surface area contributed by atoms with E-state index in [4.69, 9.17) is 5.73 Å². The van der Waals surface area contributed by atoms with Crippen LogP contribution in [0, 0.1) is 13.8 Å². The number of aryl methyl sites for hydroxylation is 1. The van der Waals surface area contributed by atoms with Crippen molar-refractivity contribution in [2.45, 2.75) is 20.3 Å². The molecule has 1 aromatic heterocycles. The molecule has 122 valence electrons. The molecule has 3 aromatic rings. The van der Waals surface area contributed by atoms with Crippen LogP contribution in [0.25, 0.3) is 10.8 Å². The molecule has 1 heterocycles. The van der Waals surface area contributed by atoms with E-state index >= 15 is 0 Å². The van der Waals surface area contributed by atoms with Crippen LogP contribution in [0.3, 0.4) is 0 Å². The standard InChI is InChI=1S/C19H18N2O2S/c1-11-12(2)24-19(17(11)18(20)23)21-16(22)10-13-7-8-14-5-3-4-6-15(14)9-13/h3-9H,10H2,1-2H3,(H2,20,23)(H,21,22). The highest BCUT2D eigenvalue weighted by atomic mass is 32.1. The highest BCUT2D eigenvalue weighted by molar-refractivity contribution is 7.16. The van der Waals surface area contributed by atoms with Crippen molar-refractivity contribution in [3.8, 4) is 0 Å². The summed E-state index contributed by atoms with van der Waals surface area (Å²) >= 11 is 1.38. The van der Waals surface area contributed by atoms with Crippen molar-refractivity contribution in [1.82, 2.24) is 0 Å². The molecule has 3 N–H and O–H groups in total. The molecule has 5 heteroatoms. The zero-order valence-corrected chi connectivity index (χ0v) is 14.4. The third-order valence-electron chi connectivity index (χ3n) is 4.06. The van der Waals surface area contributed by atoms with Crippen LogP contribution in [0.4, 0.5) is 5.00 Å². The predicted molar refractivity (Wildman–Crippen MR) is 98.6 cm³/mol. The summed E-state index contributed by atoms with van der Waals surface area (Å²) < 4.78 is 0. The summed E-state index contributed by atoms with van der Waals surface area (Å²) in [6.45, 7) is 3.75. The van der Waals surface area contributed by atoms with Gasteiger partial charge in [0.25, 0.3) is 5.91 Å². The first-order valence-electron chi connectivity index (χ1n) is 7.63. The lowest BCUT2D eigenvalue weighted by Crippen LogP contribution is -2.18. The number of benzene rings is 2. The first-order chi connectivity index (χ1) is 11.5. The van der Waals surface area contributed by atoms with Crippen LogP contribution in [-0.2, 0) is 11.2 Å². The smallest absolute Gasteiger partial charge is 0.251 e. The van der Waals surface area contributed by atoms with Crippen molar-refractivity contribution >= 4 is 38.9 Å². The van der Waals surface area contributed by atoms with Gasteiger partial charge < -0.3 is 11.1 Å². The van der Waals surface area contributed by atoms with Gasteiger partial charge in [-0.15, -0.1) is 11.3 Å². The van der Waals surface area contributed by atoms with Crippen molar-refractivity contribution < 1.29 is 9.59 Å². The van der Waals surface area contributed by atoms with Gasteiger partial charge in [0.2, 0.25) is 5.91 Å². The average molecular weight is 338 g/mol. The van der Waals surface area contributed by atoms with Gasteiger partial charge in [0.05, 0.1) is 12.0 Å². The Morgan fingerprint density at radius 1 is 1.08 bits per heavy atom. The van der Waals surface area contributed by atoms with Gasteiger partial charge in [0.15, 0.2) is 0 Å². The molecule has 4 nitrogen and oxygen atoms in total. The second kappa shape index (κ2) is 6.45. The third-order valence-corrected chi connectivity index (χ3v) is 5.19. The number of thiophene rings is 1. The van der Waals surface area contributed by atoms with E-state index in [-0.39, 0.29) is 12.3 Å². The van der Waals surface area contributed by atoms with E-state index in [1.807, 2.05) is 56.3 Å². The summed E-state index contributed by atoms with van der Waals surface area (Å²) in [6.07, 6.45) is 0.249. The molecule has 2 amide bonds. The third kappa shape index (κ3) is 3.16. The van der Waals surface area contributed by atoms with Crippen LogP contribution in [-0.4, -0.2) is 11.8 Å². The van der Waals surface area contributed by atoms with Gasteiger partial charge >= 0.3 is 0 Å². The number of rotatable bonds is 4. The van der Waals surface area contributed by atoms with Crippen LogP contribution < -0.4 is 11.1 Å². The number of amides is 2. The van der Waals surface area contributed by atoms with Crippen molar-refractivity contribution in [2.75, 3.05) is 5.32 Å². The fourth-order valence-corrected chi connectivity index (χ4v) is 3.80. The zero-order chi connectivity index (χ0) is 17.3. The fourth-order valence-electron chi connectivity index (χ4n) is 2.72. The molecular formula is C19H18N2O2S. The quantitative estimate of drug-likeness (QED) is 0.759. The molecule has 0 aliphatic rings. The molecule has 2 aromatic carbocycles. The van der Waals surface area contributed by atoms with Crippen LogP contribution >= 0.6 is 11.3 Å². The summed E-state index contributed by atoms with van der Waals surface area (Å²) in [7, 11) is 0. The Bertz CT molecular complexity index is 944. The van der Waals surface area contributed by atoms with Crippen molar-refractivity contribution in [2.24, 2.45) is 5.73 Å². The number of anilines is 1. The van der Waals surface area contributed by atoms with E-state index in [2.05, 4.69) is 5.32 Å². The second-order valence-electron chi connectivity index (χ2n) is 5.76. The van der Waals surface area contributed by atoms with Crippen molar-refractivity contribution in [3.05, 3.63) is 64.0 Å². The molecule has 0 atom stereocenters. The molecule has 0 fully saturated rings. The van der Waals surface area contributed by atoms with Crippen molar-refractivity contribution in [3.63, 3.8) is 0 Å². The largest absolute Gasteiger partial charge is 0.365 e. The number of carbonyl (C=O) groups is 2. The van der Waals surface area contributed by atoms with Crippen molar-refractivity contribution in [1.29, 1.82) is 0 Å². The Hall–Kier alpha value is -2.66. The minimum absolute atomic E-state index is 0.158. The SMILES string of the molecule is Cc1sc(NC(=O)Cc2ccc3ccccc3c2)c(C(N)=O)c1C. The van der Waals surface area contributed by atoms with E-state index in [9.17, 15) is 9.59 Å². The average Bonchev–Trinajstić information content (AvgIpc) is 2.81. The molecule has 0 aliphatic heterocycles. The minimum atomic E-state index is -0.516. The van der Waals surface area contributed by atoms with Gasteiger partial charge in [0, 0.05) is 4.88 Å². The first-order valence-corrected chi connectivity index (χ1v) is 8.44. The van der Waals surface area contributed by atoms with E-state index in [0.29, 0.717) is 10.6 Å². The Kier molecular flexibility index (Phi) is 4.36. The maximum absolute atomic E-state index is 12.4. The summed E-state index contributed by atoms with van der Waals surface area (Å²) in [4.78, 5) is 25.0. The molecule has 24 heavy (non-hydrogen) atoms. The molecule has 0 saturated heterocycles. The predicted octanol–water partition coefficient (Wildman–Crippen LogP) is 3.80. The minimum Gasteiger partial charge on any atom is -0.365 e. The summed E-state index contributed by atoms with van der Waals surface area (Å²) in [5.74, 6) is -0.674. The fraction of sp³-hybridized carbons (Fsp3) is 0.158. The first kappa shape index (κ1) is 16.2. The van der Waals surface area contributed by atoms with Crippen LogP contribution in [0.15, 0.2) is 42.5 Å². The molecule has 0 bridgehead atoms. The highest BCUT2D eigenvalue weighted by Crippen LogP contribution is 2.32. The highest BCUT2D eigenvalue weighted by Gasteiger charge is 2.19. The topological polar surface area (TPSA) is 72.2 Å². The normalized spacial score (nSPS) is 10.8. The zero-order valence-electron chi connectivity index (χ0n) is 13.6. The number of hydrogen-bond donors (Lipinski definition) is 2. The Labute approximate surface area is 144 Å². The Morgan fingerprint density at radius 3 is 2.50 bits per heavy atom. The van der Waals surface area contributed by atoms with Gasteiger partial charge in [0.1, 0.15) is 5.00 Å². The number of nitrogens with two attached hydrogens (primary N) is 1. The van der Waals surface area contributed by atoms with E-state index in [1.54, 1.807) is 0 Å². The maximum atomic E-state index is 12.4. The molecular weight excluding hydrogens is 320 g/mol. The van der Waals surface area contributed by atoms with Gasteiger partial charge in [-0.3, -0.25) is 9.59 Å². The van der Waals surface area contributed by atoms with Gasteiger partial charge in [-0.05, 0) is 35.7 Å². The van der Waals surface area contributed by atoms with Crippen LogP contribution in [0.1, 0.15) is 26.4 Å². The Morgan fingerprint density at radius 2 is 1.79 bits per heavy atom. The molecule has 3 rings (SSSR count). The van der Waals surface area contributed by atoms with E-state index < -0.39 is 5.91 Å². The lowest BCUT2D eigenvalue weighted by Gasteiger charge is -2.06. The summed E-state index contributed by atoms with van der Waals surface area (Å²) in [6, 6.07) is 14.0. The second-order valence-corrected chi connectivity index (χ2v) is 6.98. The number of nitrogens with one attached hydrogen (secondary N) is 1. The van der Waals surface area contributed by atoms with Crippen LogP contribution in [0.2, 0.25) is 0 Å². The monoisotopic (exact) mass is 338 g/mol. The number of carbonyl (C=O) groups excluding carboxylic acids is 2. The lowest BCUT2D eigenvalue weighted by atomic mass is 10.0. The number of hydrogen-bond acceptors (Lipinski definition) is 3. The van der Waals surface area contributed by atoms with Gasteiger partial charge in [-0.1, -0.05) is 42.5 Å². The molecule has 0 aliphatic carbocycles. The van der Waals surface area contributed by atoms with E-state index in [0.717, 1.165) is 26.8 Å². The van der Waals surface area contributed by atoms with Crippen LogP contribution in [0.5, 0.6) is 0 Å². The maximum Gasteiger partial charge on any atom is 0.251 e. The number of fused-ring (bicyclic) bond motifs is 1. The summed E-state index contributed by atoms with van der Waals surface area (Å²) in [5, 5.41) is 5.60. The lowest BCUT2D eigenvalue weighted by molar-refractivity contribution is -0.115. The summed E-state index contributed by atoms with van der Waals surface area (Å²) in [5.41, 5.74) is 7.60. The van der Waals surface area contributed by atoms with Gasteiger partial charge in [-0.2, -0.15) is 0 Å². The molecule has 0 radical (unpaired) electrons. The Balaban J connectivity index is 1.80. The molecule has 0 unspecified atom stereocenters. The van der Waals surface area contributed by atoms with E-state index in [1.165, 1.54) is 11.3 Å². The molecule has 0 saturated carbocycles. The van der Waals surface area contributed by atoms with Gasteiger partial charge in [-0.25, -0.2) is 0 Å². The number of primary amides is 1. The molecule has 0 spiro atoms.